The van der Waals surface area contributed by atoms with Crippen molar-refractivity contribution in [3.63, 3.8) is 0 Å². The van der Waals surface area contributed by atoms with Crippen LogP contribution in [0.3, 0.4) is 0 Å². The van der Waals surface area contributed by atoms with Crippen LogP contribution in [0.2, 0.25) is 0 Å². The third-order valence-electron chi connectivity index (χ3n) is 6.81. The molecule has 2 aromatic carbocycles. The van der Waals surface area contributed by atoms with Gasteiger partial charge >= 0.3 is 0 Å². The van der Waals surface area contributed by atoms with Crippen LogP contribution in [0.15, 0.2) is 59.6 Å². The molecular weight excluding hydrogens is 400 g/mol. The lowest BCUT2D eigenvalue weighted by molar-refractivity contribution is 0.220. The molecule has 3 aromatic rings. The Kier molecular flexibility index (Phi) is 6.32. The monoisotopic (exact) mass is 432 g/mol. The minimum Gasteiger partial charge on any atom is -0.369 e. The molecule has 5 rings (SSSR count). The second-order valence-corrected chi connectivity index (χ2v) is 9.82. The summed E-state index contributed by atoms with van der Waals surface area (Å²) in [5.41, 5.74) is 4.85. The lowest BCUT2D eigenvalue weighted by Crippen LogP contribution is -2.47. The summed E-state index contributed by atoms with van der Waals surface area (Å²) >= 11 is 1.64. The van der Waals surface area contributed by atoms with Gasteiger partial charge in [0.25, 0.3) is 0 Å². The number of hydrogen-bond acceptors (Lipinski definition) is 5. The van der Waals surface area contributed by atoms with Gasteiger partial charge in [0.2, 0.25) is 0 Å². The molecule has 31 heavy (non-hydrogen) atoms. The molecule has 162 valence electrons. The Balaban J connectivity index is 1.19. The zero-order chi connectivity index (χ0) is 21.0. The van der Waals surface area contributed by atoms with Gasteiger partial charge in [-0.25, -0.2) is 0 Å². The van der Waals surface area contributed by atoms with Crippen molar-refractivity contribution in [2.75, 3.05) is 42.3 Å². The van der Waals surface area contributed by atoms with Gasteiger partial charge in [-0.2, -0.15) is 0 Å². The van der Waals surface area contributed by atoms with E-state index in [1.54, 1.807) is 11.9 Å². The predicted octanol–water partition coefficient (Wildman–Crippen LogP) is 5.97. The SMILES string of the molecule is Cc1cc(N2CCN(CC3CCCC3)CC2)ccc1NSc1cccc2cccnc12. The first kappa shape index (κ1) is 20.7. The topological polar surface area (TPSA) is 31.4 Å². The number of hydrogen-bond donors (Lipinski definition) is 1. The van der Waals surface area contributed by atoms with Crippen LogP contribution < -0.4 is 9.62 Å². The molecule has 1 saturated carbocycles. The minimum absolute atomic E-state index is 0.952. The lowest BCUT2D eigenvalue weighted by Gasteiger charge is -2.37. The first-order valence-electron chi connectivity index (χ1n) is 11.6. The lowest BCUT2D eigenvalue weighted by atomic mass is 10.1. The predicted molar refractivity (Wildman–Crippen MR) is 133 cm³/mol. The van der Waals surface area contributed by atoms with E-state index in [0.717, 1.165) is 29.4 Å². The zero-order valence-electron chi connectivity index (χ0n) is 18.4. The van der Waals surface area contributed by atoms with Crippen LogP contribution >= 0.6 is 11.9 Å². The fourth-order valence-corrected chi connectivity index (χ4v) is 5.84. The van der Waals surface area contributed by atoms with Gasteiger partial charge in [0.05, 0.1) is 10.4 Å². The van der Waals surface area contributed by atoms with Crippen molar-refractivity contribution in [3.8, 4) is 0 Å². The van der Waals surface area contributed by atoms with Crippen LogP contribution in [0.1, 0.15) is 31.2 Å². The maximum absolute atomic E-state index is 4.56. The number of pyridine rings is 1. The molecule has 0 bridgehead atoms. The summed E-state index contributed by atoms with van der Waals surface area (Å²) in [5, 5.41) is 1.17. The number of nitrogens with one attached hydrogen (secondary N) is 1. The number of nitrogens with zero attached hydrogens (tertiary/aromatic N) is 3. The Bertz CT molecular complexity index is 1020. The van der Waals surface area contributed by atoms with Crippen molar-refractivity contribution in [1.29, 1.82) is 0 Å². The van der Waals surface area contributed by atoms with Gasteiger partial charge in [-0.3, -0.25) is 9.88 Å². The van der Waals surface area contributed by atoms with Crippen molar-refractivity contribution in [3.05, 3.63) is 60.3 Å². The number of para-hydroxylation sites is 1. The largest absolute Gasteiger partial charge is 0.369 e. The highest BCUT2D eigenvalue weighted by atomic mass is 32.2. The molecule has 1 aromatic heterocycles. The molecule has 1 aliphatic carbocycles. The third-order valence-corrected chi connectivity index (χ3v) is 7.68. The number of aryl methyl sites for hydroxylation is 1. The van der Waals surface area contributed by atoms with E-state index in [1.165, 1.54) is 67.6 Å². The highest BCUT2D eigenvalue weighted by molar-refractivity contribution is 8.00. The molecule has 1 aliphatic heterocycles. The second-order valence-electron chi connectivity index (χ2n) is 8.97. The van der Waals surface area contributed by atoms with Crippen LogP contribution in [0, 0.1) is 12.8 Å². The van der Waals surface area contributed by atoms with E-state index in [1.807, 2.05) is 12.3 Å². The molecule has 0 unspecified atom stereocenters. The van der Waals surface area contributed by atoms with Crippen molar-refractivity contribution < 1.29 is 0 Å². The molecule has 4 nitrogen and oxygen atoms in total. The van der Waals surface area contributed by atoms with Crippen molar-refractivity contribution in [1.82, 2.24) is 9.88 Å². The fraction of sp³-hybridized carbons (Fsp3) is 0.423. The Morgan fingerprint density at radius 1 is 1.00 bits per heavy atom. The van der Waals surface area contributed by atoms with Gasteiger partial charge < -0.3 is 9.62 Å². The van der Waals surface area contributed by atoms with Gasteiger partial charge in [0, 0.05) is 55.7 Å². The van der Waals surface area contributed by atoms with Crippen LogP contribution in [-0.4, -0.2) is 42.6 Å². The third kappa shape index (κ3) is 4.83. The minimum atomic E-state index is 0.952. The molecule has 0 radical (unpaired) electrons. The molecule has 2 heterocycles. The molecule has 5 heteroatoms. The molecule has 1 saturated heterocycles. The maximum atomic E-state index is 4.56. The van der Waals surface area contributed by atoms with Crippen molar-refractivity contribution >= 4 is 34.2 Å². The first-order valence-corrected chi connectivity index (χ1v) is 12.4. The number of benzene rings is 2. The quantitative estimate of drug-likeness (QED) is 0.485. The summed E-state index contributed by atoms with van der Waals surface area (Å²) < 4.78 is 3.55. The molecule has 0 spiro atoms. The van der Waals surface area contributed by atoms with Gasteiger partial charge in [0.15, 0.2) is 0 Å². The molecule has 2 aliphatic rings. The number of fused-ring (bicyclic) bond motifs is 1. The van der Waals surface area contributed by atoms with Crippen LogP contribution in [0.5, 0.6) is 0 Å². The molecule has 2 fully saturated rings. The highest BCUT2D eigenvalue weighted by Gasteiger charge is 2.22. The van der Waals surface area contributed by atoms with Crippen LogP contribution in [-0.2, 0) is 0 Å². The van der Waals surface area contributed by atoms with E-state index in [4.69, 9.17) is 0 Å². The van der Waals surface area contributed by atoms with E-state index in [-0.39, 0.29) is 0 Å². The summed E-state index contributed by atoms with van der Waals surface area (Å²) in [6.45, 7) is 8.17. The van der Waals surface area contributed by atoms with Crippen molar-refractivity contribution in [2.45, 2.75) is 37.5 Å². The van der Waals surface area contributed by atoms with Crippen LogP contribution in [0.4, 0.5) is 11.4 Å². The number of anilines is 2. The normalized spacial score (nSPS) is 18.0. The van der Waals surface area contributed by atoms with Crippen LogP contribution in [0.25, 0.3) is 10.9 Å². The average molecular weight is 433 g/mol. The van der Waals surface area contributed by atoms with E-state index in [9.17, 15) is 0 Å². The van der Waals surface area contributed by atoms with E-state index in [2.05, 4.69) is 68.9 Å². The van der Waals surface area contributed by atoms with E-state index in [0.29, 0.717) is 0 Å². The van der Waals surface area contributed by atoms with Gasteiger partial charge in [-0.05, 0) is 73.5 Å². The number of aromatic nitrogens is 1. The highest BCUT2D eigenvalue weighted by Crippen LogP contribution is 2.31. The summed E-state index contributed by atoms with van der Waals surface area (Å²) in [5.74, 6) is 0.952. The van der Waals surface area contributed by atoms with Gasteiger partial charge in [0.1, 0.15) is 0 Å². The Hall–Kier alpha value is -2.24. The Morgan fingerprint density at radius 2 is 1.81 bits per heavy atom. The van der Waals surface area contributed by atoms with Gasteiger partial charge in [-0.15, -0.1) is 0 Å². The first-order chi connectivity index (χ1) is 15.3. The summed E-state index contributed by atoms with van der Waals surface area (Å²) in [4.78, 5) is 10.9. The summed E-state index contributed by atoms with van der Waals surface area (Å²) in [6.07, 6.45) is 7.64. The Morgan fingerprint density at radius 3 is 2.61 bits per heavy atom. The van der Waals surface area contributed by atoms with E-state index >= 15 is 0 Å². The van der Waals surface area contributed by atoms with Gasteiger partial charge in [-0.1, -0.05) is 31.0 Å². The zero-order valence-corrected chi connectivity index (χ0v) is 19.2. The summed E-state index contributed by atoms with van der Waals surface area (Å²) in [7, 11) is 0. The molecule has 1 N–H and O–H groups in total. The fourth-order valence-electron chi connectivity index (χ4n) is 4.97. The standard InChI is InChI=1S/C26H32N4S/c1-20-18-23(30-16-14-29(15-17-30)19-21-6-2-3-7-21)11-12-24(20)28-31-25-10-4-8-22-9-5-13-27-26(22)25/h4-5,8-13,18,21,28H,2-3,6-7,14-17,19H2,1H3. The second kappa shape index (κ2) is 9.49. The van der Waals surface area contributed by atoms with Crippen molar-refractivity contribution in [2.24, 2.45) is 5.92 Å². The average Bonchev–Trinajstić information content (AvgIpc) is 3.32. The number of piperazine rings is 1. The Labute approximate surface area is 190 Å². The summed E-state index contributed by atoms with van der Waals surface area (Å²) in [6, 6.07) is 17.3. The molecular formula is C26H32N4S. The van der Waals surface area contributed by atoms with E-state index < -0.39 is 0 Å². The molecule has 0 amide bonds. The number of rotatable bonds is 6. The smallest absolute Gasteiger partial charge is 0.0855 e. The molecule has 0 atom stereocenters. The maximum Gasteiger partial charge on any atom is 0.0855 e.